The molecular formula is C17H19ClN2O. The van der Waals surface area contributed by atoms with Crippen LogP contribution in [0.2, 0.25) is 0 Å². The van der Waals surface area contributed by atoms with Gasteiger partial charge in [-0.05, 0) is 30.0 Å². The molecule has 0 bridgehead atoms. The van der Waals surface area contributed by atoms with E-state index < -0.39 is 6.04 Å². The molecule has 21 heavy (non-hydrogen) atoms. The average Bonchev–Trinajstić information content (AvgIpc) is 2.91. The van der Waals surface area contributed by atoms with Gasteiger partial charge in [0.05, 0.1) is 6.04 Å². The molecule has 110 valence electrons. The van der Waals surface area contributed by atoms with E-state index in [1.54, 1.807) is 0 Å². The Balaban J connectivity index is 0.00000161. The standard InChI is InChI=1S/C17H18N2O.ClH/c18-15(12-13-6-2-1-3-7-13)17(20)19-11-10-14-8-4-5-9-16(14)19;/h1-9,15H,10-12,18H2;1H. The Morgan fingerprint density at radius 3 is 2.52 bits per heavy atom. The third-order valence-corrected chi connectivity index (χ3v) is 3.77. The van der Waals surface area contributed by atoms with E-state index in [1.807, 2.05) is 53.4 Å². The lowest BCUT2D eigenvalue weighted by atomic mass is 10.1. The lowest BCUT2D eigenvalue weighted by Gasteiger charge is -2.21. The van der Waals surface area contributed by atoms with Crippen molar-refractivity contribution in [2.75, 3.05) is 11.4 Å². The van der Waals surface area contributed by atoms with Crippen LogP contribution >= 0.6 is 12.4 Å². The van der Waals surface area contributed by atoms with Gasteiger partial charge in [-0.2, -0.15) is 0 Å². The lowest BCUT2D eigenvalue weighted by molar-refractivity contribution is -0.119. The summed E-state index contributed by atoms with van der Waals surface area (Å²) >= 11 is 0. The van der Waals surface area contributed by atoms with Crippen molar-refractivity contribution in [3.63, 3.8) is 0 Å². The van der Waals surface area contributed by atoms with Crippen LogP contribution in [-0.4, -0.2) is 18.5 Å². The van der Waals surface area contributed by atoms with Crippen LogP contribution in [0, 0.1) is 0 Å². The van der Waals surface area contributed by atoms with Gasteiger partial charge in [0.1, 0.15) is 0 Å². The van der Waals surface area contributed by atoms with Gasteiger partial charge in [-0.25, -0.2) is 0 Å². The highest BCUT2D eigenvalue weighted by Gasteiger charge is 2.27. The zero-order valence-electron chi connectivity index (χ0n) is 11.7. The summed E-state index contributed by atoms with van der Waals surface area (Å²) in [5.74, 6) is 0.0128. The van der Waals surface area contributed by atoms with E-state index in [4.69, 9.17) is 5.73 Å². The SMILES string of the molecule is Cl.NC(Cc1ccccc1)C(=O)N1CCc2ccccc21. The second-order valence-corrected chi connectivity index (χ2v) is 5.16. The van der Waals surface area contributed by atoms with Crippen molar-refractivity contribution < 1.29 is 4.79 Å². The fourth-order valence-electron chi connectivity index (χ4n) is 2.72. The molecule has 0 aliphatic carbocycles. The van der Waals surface area contributed by atoms with E-state index in [1.165, 1.54) is 5.56 Å². The molecule has 4 heteroatoms. The number of hydrogen-bond acceptors (Lipinski definition) is 2. The predicted octanol–water partition coefficient (Wildman–Crippen LogP) is 2.57. The third-order valence-electron chi connectivity index (χ3n) is 3.77. The maximum absolute atomic E-state index is 12.5. The van der Waals surface area contributed by atoms with Crippen molar-refractivity contribution in [3.05, 3.63) is 65.7 Å². The van der Waals surface area contributed by atoms with Crippen LogP contribution < -0.4 is 10.6 Å². The van der Waals surface area contributed by atoms with E-state index in [2.05, 4.69) is 6.07 Å². The third kappa shape index (κ3) is 3.26. The van der Waals surface area contributed by atoms with E-state index in [9.17, 15) is 4.79 Å². The zero-order chi connectivity index (χ0) is 13.9. The number of nitrogens with two attached hydrogens (primary N) is 1. The Hall–Kier alpha value is -1.84. The first kappa shape index (κ1) is 15.5. The molecule has 1 unspecified atom stereocenters. The molecule has 0 saturated heterocycles. The molecule has 0 saturated carbocycles. The normalized spacial score (nSPS) is 14.2. The van der Waals surface area contributed by atoms with Crippen LogP contribution in [0.15, 0.2) is 54.6 Å². The quantitative estimate of drug-likeness (QED) is 0.947. The Kier molecular flexibility index (Phi) is 4.99. The molecular weight excluding hydrogens is 284 g/mol. The highest BCUT2D eigenvalue weighted by molar-refractivity contribution is 5.99. The highest BCUT2D eigenvalue weighted by atomic mass is 35.5. The van der Waals surface area contributed by atoms with Gasteiger partial charge in [-0.3, -0.25) is 4.79 Å². The summed E-state index contributed by atoms with van der Waals surface area (Å²) in [4.78, 5) is 14.3. The van der Waals surface area contributed by atoms with Gasteiger partial charge in [0.25, 0.3) is 0 Å². The number of fused-ring (bicyclic) bond motifs is 1. The largest absolute Gasteiger partial charge is 0.320 e. The Morgan fingerprint density at radius 2 is 1.76 bits per heavy atom. The van der Waals surface area contributed by atoms with Crippen LogP contribution in [0.3, 0.4) is 0 Å². The second-order valence-electron chi connectivity index (χ2n) is 5.16. The topological polar surface area (TPSA) is 46.3 Å². The number of para-hydroxylation sites is 1. The second kappa shape index (κ2) is 6.74. The van der Waals surface area contributed by atoms with Gasteiger partial charge in [0.15, 0.2) is 0 Å². The fourth-order valence-corrected chi connectivity index (χ4v) is 2.72. The lowest BCUT2D eigenvalue weighted by Crippen LogP contribution is -2.44. The predicted molar refractivity (Wildman–Crippen MR) is 87.9 cm³/mol. The van der Waals surface area contributed by atoms with Gasteiger partial charge in [-0.1, -0.05) is 48.5 Å². The fraction of sp³-hybridized carbons (Fsp3) is 0.235. The monoisotopic (exact) mass is 302 g/mol. The molecule has 1 aliphatic rings. The Bertz CT molecular complexity index is 615. The Labute approximate surface area is 131 Å². The first-order valence-electron chi connectivity index (χ1n) is 6.94. The number of rotatable bonds is 3. The summed E-state index contributed by atoms with van der Waals surface area (Å²) in [5.41, 5.74) is 9.44. The Morgan fingerprint density at radius 1 is 1.10 bits per heavy atom. The number of benzene rings is 2. The van der Waals surface area contributed by atoms with Crippen LogP contribution in [0.25, 0.3) is 0 Å². The maximum atomic E-state index is 12.5. The molecule has 1 heterocycles. The van der Waals surface area contributed by atoms with Gasteiger partial charge in [0, 0.05) is 12.2 Å². The van der Waals surface area contributed by atoms with Crippen molar-refractivity contribution in [1.29, 1.82) is 0 Å². The van der Waals surface area contributed by atoms with E-state index >= 15 is 0 Å². The molecule has 0 aromatic heterocycles. The van der Waals surface area contributed by atoms with Gasteiger partial charge >= 0.3 is 0 Å². The van der Waals surface area contributed by atoms with Gasteiger partial charge in [-0.15, -0.1) is 12.4 Å². The summed E-state index contributed by atoms with van der Waals surface area (Å²) in [5, 5.41) is 0. The summed E-state index contributed by atoms with van der Waals surface area (Å²) in [7, 11) is 0. The minimum Gasteiger partial charge on any atom is -0.320 e. The van der Waals surface area contributed by atoms with Crippen LogP contribution in [0.5, 0.6) is 0 Å². The first-order valence-corrected chi connectivity index (χ1v) is 6.94. The molecule has 0 fully saturated rings. The van der Waals surface area contributed by atoms with Gasteiger partial charge < -0.3 is 10.6 Å². The molecule has 0 radical (unpaired) electrons. The van der Waals surface area contributed by atoms with Crippen molar-refractivity contribution in [3.8, 4) is 0 Å². The zero-order valence-corrected chi connectivity index (χ0v) is 12.6. The molecule has 2 N–H and O–H groups in total. The number of carbonyl (C=O) groups is 1. The average molecular weight is 303 g/mol. The van der Waals surface area contributed by atoms with Crippen LogP contribution in [0.4, 0.5) is 5.69 Å². The molecule has 1 atom stereocenters. The summed E-state index contributed by atoms with van der Waals surface area (Å²) in [6.07, 6.45) is 1.50. The summed E-state index contributed by atoms with van der Waals surface area (Å²) < 4.78 is 0. The van der Waals surface area contributed by atoms with Crippen molar-refractivity contribution >= 4 is 24.0 Å². The molecule has 2 aromatic carbocycles. The van der Waals surface area contributed by atoms with E-state index in [0.29, 0.717) is 6.42 Å². The highest BCUT2D eigenvalue weighted by Crippen LogP contribution is 2.27. The minimum absolute atomic E-state index is 0. The van der Waals surface area contributed by atoms with Crippen LogP contribution in [-0.2, 0) is 17.6 Å². The van der Waals surface area contributed by atoms with Crippen molar-refractivity contribution in [1.82, 2.24) is 0 Å². The molecule has 1 aliphatic heterocycles. The minimum atomic E-state index is -0.483. The summed E-state index contributed by atoms with van der Waals surface area (Å²) in [6, 6.07) is 17.5. The molecule has 3 nitrogen and oxygen atoms in total. The molecule has 3 rings (SSSR count). The van der Waals surface area contributed by atoms with Crippen LogP contribution in [0.1, 0.15) is 11.1 Å². The first-order chi connectivity index (χ1) is 9.75. The maximum Gasteiger partial charge on any atom is 0.244 e. The number of halogens is 1. The molecule has 2 aromatic rings. The molecule has 1 amide bonds. The number of nitrogens with zero attached hydrogens (tertiary/aromatic N) is 1. The van der Waals surface area contributed by atoms with E-state index in [-0.39, 0.29) is 18.3 Å². The van der Waals surface area contributed by atoms with Crippen molar-refractivity contribution in [2.45, 2.75) is 18.9 Å². The van der Waals surface area contributed by atoms with Gasteiger partial charge in [0.2, 0.25) is 5.91 Å². The van der Waals surface area contributed by atoms with Crippen molar-refractivity contribution in [2.24, 2.45) is 5.73 Å². The van der Waals surface area contributed by atoms with E-state index in [0.717, 1.165) is 24.2 Å². The number of anilines is 1. The number of carbonyl (C=O) groups excluding carboxylic acids is 1. The number of hydrogen-bond donors (Lipinski definition) is 1. The summed E-state index contributed by atoms with van der Waals surface area (Å²) in [6.45, 7) is 0.737. The smallest absolute Gasteiger partial charge is 0.244 e. The number of amides is 1. The molecule has 0 spiro atoms.